The van der Waals surface area contributed by atoms with Gasteiger partial charge < -0.3 is 10.1 Å². The van der Waals surface area contributed by atoms with Crippen LogP contribution in [0.15, 0.2) is 51.8 Å². The van der Waals surface area contributed by atoms with Crippen LogP contribution in [0.3, 0.4) is 0 Å². The summed E-state index contributed by atoms with van der Waals surface area (Å²) in [6.45, 7) is 3.74. The van der Waals surface area contributed by atoms with Crippen LogP contribution in [0.4, 0.5) is 5.69 Å². The molecule has 0 saturated carbocycles. The first-order chi connectivity index (χ1) is 13.9. The van der Waals surface area contributed by atoms with Crippen molar-refractivity contribution in [2.45, 2.75) is 37.5 Å². The lowest BCUT2D eigenvalue weighted by Gasteiger charge is -2.16. The Labute approximate surface area is 180 Å². The molecule has 1 aliphatic heterocycles. The van der Waals surface area contributed by atoms with Gasteiger partial charge in [-0.05, 0) is 61.7 Å². The van der Waals surface area contributed by atoms with Gasteiger partial charge in [0.25, 0.3) is 5.91 Å². The Kier molecular flexibility index (Phi) is 7.32. The van der Waals surface area contributed by atoms with E-state index in [1.807, 2.05) is 6.07 Å². The van der Waals surface area contributed by atoms with Crippen LogP contribution in [-0.4, -0.2) is 38.3 Å². The number of halogens is 1. The van der Waals surface area contributed by atoms with Crippen LogP contribution >= 0.6 is 15.9 Å². The molecule has 2 aromatic rings. The summed E-state index contributed by atoms with van der Waals surface area (Å²) in [7, 11) is -3.47. The van der Waals surface area contributed by atoms with E-state index in [0.29, 0.717) is 36.7 Å². The van der Waals surface area contributed by atoms with Crippen molar-refractivity contribution in [2.24, 2.45) is 0 Å². The van der Waals surface area contributed by atoms with Crippen molar-refractivity contribution in [2.75, 3.05) is 25.0 Å². The number of anilines is 1. The topological polar surface area (TPSA) is 75.7 Å². The number of rotatable bonds is 8. The molecule has 1 N–H and O–H groups in total. The fraction of sp³-hybridized carbons (Fsp3) is 0.381. The Morgan fingerprint density at radius 2 is 1.83 bits per heavy atom. The Hall–Kier alpha value is -1.90. The maximum absolute atomic E-state index is 12.8. The molecule has 29 heavy (non-hydrogen) atoms. The molecule has 1 aliphatic rings. The summed E-state index contributed by atoms with van der Waals surface area (Å²) in [4.78, 5) is 13.0. The molecule has 1 fully saturated rings. The van der Waals surface area contributed by atoms with Crippen LogP contribution < -0.4 is 10.1 Å². The van der Waals surface area contributed by atoms with E-state index in [-0.39, 0.29) is 10.8 Å². The summed E-state index contributed by atoms with van der Waals surface area (Å²) in [6.07, 6.45) is 3.69. The minimum Gasteiger partial charge on any atom is -0.493 e. The van der Waals surface area contributed by atoms with Crippen molar-refractivity contribution >= 4 is 37.5 Å². The minimum atomic E-state index is -3.47. The van der Waals surface area contributed by atoms with Crippen LogP contribution in [0, 0.1) is 0 Å². The number of nitrogens with one attached hydrogen (secondary N) is 1. The van der Waals surface area contributed by atoms with Gasteiger partial charge in [0.05, 0.1) is 17.1 Å². The Balaban J connectivity index is 1.73. The number of amides is 1. The van der Waals surface area contributed by atoms with Gasteiger partial charge in [0.2, 0.25) is 10.0 Å². The highest BCUT2D eigenvalue weighted by molar-refractivity contribution is 9.10. The summed E-state index contributed by atoms with van der Waals surface area (Å²) in [6, 6.07) is 11.6. The Morgan fingerprint density at radius 1 is 1.14 bits per heavy atom. The van der Waals surface area contributed by atoms with E-state index < -0.39 is 10.0 Å². The van der Waals surface area contributed by atoms with Crippen LogP contribution in [0.2, 0.25) is 0 Å². The van der Waals surface area contributed by atoms with E-state index in [4.69, 9.17) is 4.74 Å². The first-order valence-corrected chi connectivity index (χ1v) is 12.0. The summed E-state index contributed by atoms with van der Waals surface area (Å²) < 4.78 is 33.3. The van der Waals surface area contributed by atoms with Crippen molar-refractivity contribution in [1.82, 2.24) is 4.31 Å². The molecule has 156 valence electrons. The standard InChI is InChI=1S/C21H25BrN2O4S/c1-2-3-14-28-20-11-6-16(22)15-19(20)21(25)23-17-7-9-18(10-8-17)29(26,27)24-12-4-5-13-24/h6-11,15H,2-5,12-14H2,1H3,(H,23,25). The first kappa shape index (κ1) is 21.8. The second-order valence-corrected chi connectivity index (χ2v) is 9.79. The van der Waals surface area contributed by atoms with Crippen molar-refractivity contribution in [3.05, 3.63) is 52.5 Å². The fourth-order valence-corrected chi connectivity index (χ4v) is 5.00. The van der Waals surface area contributed by atoms with Gasteiger partial charge in [0, 0.05) is 23.2 Å². The predicted molar refractivity (Wildman–Crippen MR) is 117 cm³/mol. The van der Waals surface area contributed by atoms with Gasteiger partial charge >= 0.3 is 0 Å². The number of benzene rings is 2. The third-order valence-electron chi connectivity index (χ3n) is 4.76. The molecule has 2 aromatic carbocycles. The summed E-state index contributed by atoms with van der Waals surface area (Å²) in [5, 5.41) is 2.82. The second kappa shape index (κ2) is 9.73. The third kappa shape index (κ3) is 5.38. The Morgan fingerprint density at radius 3 is 2.48 bits per heavy atom. The second-order valence-electron chi connectivity index (χ2n) is 6.93. The summed E-state index contributed by atoms with van der Waals surface area (Å²) >= 11 is 3.39. The average Bonchev–Trinajstić information content (AvgIpc) is 3.25. The predicted octanol–water partition coefficient (Wildman–Crippen LogP) is 4.66. The van der Waals surface area contributed by atoms with E-state index in [2.05, 4.69) is 28.2 Å². The molecule has 0 bridgehead atoms. The van der Waals surface area contributed by atoms with Gasteiger partial charge in [0.15, 0.2) is 0 Å². The van der Waals surface area contributed by atoms with Crippen LogP contribution in [0.1, 0.15) is 43.0 Å². The molecule has 6 nitrogen and oxygen atoms in total. The van der Waals surface area contributed by atoms with E-state index in [1.165, 1.54) is 16.4 Å². The van der Waals surface area contributed by atoms with E-state index in [1.54, 1.807) is 24.3 Å². The molecular formula is C21H25BrN2O4S. The van der Waals surface area contributed by atoms with Gasteiger partial charge in [-0.15, -0.1) is 0 Å². The SMILES string of the molecule is CCCCOc1ccc(Br)cc1C(=O)Nc1ccc(S(=O)(=O)N2CCCC2)cc1. The number of carbonyl (C=O) groups is 1. The molecular weight excluding hydrogens is 456 g/mol. The number of sulfonamides is 1. The normalized spacial score (nSPS) is 14.7. The van der Waals surface area contributed by atoms with Gasteiger partial charge in [-0.25, -0.2) is 8.42 Å². The van der Waals surface area contributed by atoms with Crippen LogP contribution in [0.5, 0.6) is 5.75 Å². The van der Waals surface area contributed by atoms with Crippen molar-refractivity contribution < 1.29 is 17.9 Å². The molecule has 8 heteroatoms. The monoisotopic (exact) mass is 480 g/mol. The molecule has 1 saturated heterocycles. The lowest BCUT2D eigenvalue weighted by atomic mass is 10.2. The number of nitrogens with zero attached hydrogens (tertiary/aromatic N) is 1. The molecule has 1 heterocycles. The highest BCUT2D eigenvalue weighted by atomic mass is 79.9. The molecule has 0 radical (unpaired) electrons. The van der Waals surface area contributed by atoms with Crippen molar-refractivity contribution in [3.63, 3.8) is 0 Å². The lowest BCUT2D eigenvalue weighted by Crippen LogP contribution is -2.27. The largest absolute Gasteiger partial charge is 0.493 e. The quantitative estimate of drug-likeness (QED) is 0.557. The number of hydrogen-bond donors (Lipinski definition) is 1. The van der Waals surface area contributed by atoms with Gasteiger partial charge in [-0.2, -0.15) is 4.31 Å². The lowest BCUT2D eigenvalue weighted by molar-refractivity contribution is 0.102. The third-order valence-corrected chi connectivity index (χ3v) is 7.16. The van der Waals surface area contributed by atoms with Crippen LogP contribution in [0.25, 0.3) is 0 Å². The highest BCUT2D eigenvalue weighted by Gasteiger charge is 2.27. The fourth-order valence-electron chi connectivity index (χ4n) is 3.12. The number of carbonyl (C=O) groups excluding carboxylic acids is 1. The van der Waals surface area contributed by atoms with Gasteiger partial charge in [-0.1, -0.05) is 29.3 Å². The highest BCUT2D eigenvalue weighted by Crippen LogP contribution is 2.26. The van der Waals surface area contributed by atoms with Gasteiger partial charge in [0.1, 0.15) is 5.75 Å². The molecule has 0 spiro atoms. The molecule has 0 aliphatic carbocycles. The zero-order valence-electron chi connectivity index (χ0n) is 16.4. The molecule has 0 unspecified atom stereocenters. The number of hydrogen-bond acceptors (Lipinski definition) is 4. The minimum absolute atomic E-state index is 0.239. The first-order valence-electron chi connectivity index (χ1n) is 9.75. The summed E-state index contributed by atoms with van der Waals surface area (Å²) in [5.74, 6) is 0.209. The maximum Gasteiger partial charge on any atom is 0.259 e. The molecule has 3 rings (SSSR count). The smallest absolute Gasteiger partial charge is 0.259 e. The van der Waals surface area contributed by atoms with Crippen molar-refractivity contribution in [3.8, 4) is 5.75 Å². The number of unbranched alkanes of at least 4 members (excludes halogenated alkanes) is 1. The van der Waals surface area contributed by atoms with E-state index in [0.717, 1.165) is 30.2 Å². The average molecular weight is 481 g/mol. The number of ether oxygens (including phenoxy) is 1. The van der Waals surface area contributed by atoms with Crippen molar-refractivity contribution in [1.29, 1.82) is 0 Å². The summed E-state index contributed by atoms with van der Waals surface area (Å²) in [5.41, 5.74) is 0.944. The molecule has 0 aromatic heterocycles. The zero-order valence-corrected chi connectivity index (χ0v) is 18.8. The zero-order chi connectivity index (χ0) is 20.9. The van der Waals surface area contributed by atoms with Gasteiger partial charge in [-0.3, -0.25) is 4.79 Å². The maximum atomic E-state index is 12.8. The molecule has 0 atom stereocenters. The Bertz CT molecular complexity index is 955. The van der Waals surface area contributed by atoms with E-state index >= 15 is 0 Å². The molecule has 1 amide bonds. The van der Waals surface area contributed by atoms with E-state index in [9.17, 15) is 13.2 Å². The van der Waals surface area contributed by atoms with Crippen LogP contribution in [-0.2, 0) is 10.0 Å².